The first-order valence-corrected chi connectivity index (χ1v) is 6.40. The van der Waals surface area contributed by atoms with Crippen molar-refractivity contribution in [3.63, 3.8) is 0 Å². The number of nitrogens with one attached hydrogen (secondary N) is 2. The van der Waals surface area contributed by atoms with Gasteiger partial charge in [0.15, 0.2) is 0 Å². The standard InChI is InChI=1S/C12H14BrFN2O2/c1-18-11-6-15-5-10(11)16-12(17)7-2-3-9(14)8(13)4-7/h2-4,10-11,15H,5-6H2,1H3,(H,16,17)/t10-,11+/m1/s1. The summed E-state index contributed by atoms with van der Waals surface area (Å²) in [5.41, 5.74) is 0.421. The summed E-state index contributed by atoms with van der Waals surface area (Å²) in [5.74, 6) is -0.615. The molecule has 1 saturated heterocycles. The average molecular weight is 317 g/mol. The van der Waals surface area contributed by atoms with E-state index < -0.39 is 0 Å². The summed E-state index contributed by atoms with van der Waals surface area (Å²) in [6.07, 6.45) is -0.0298. The molecule has 1 aromatic carbocycles. The summed E-state index contributed by atoms with van der Waals surface area (Å²) in [6, 6.07) is 4.13. The predicted molar refractivity (Wildman–Crippen MR) is 69.0 cm³/mol. The van der Waals surface area contributed by atoms with Crippen molar-refractivity contribution < 1.29 is 13.9 Å². The molecular formula is C12H14BrFN2O2. The number of hydrogen-bond acceptors (Lipinski definition) is 3. The number of ether oxygens (including phenoxy) is 1. The molecule has 1 aliphatic rings. The van der Waals surface area contributed by atoms with Crippen molar-refractivity contribution in [3.05, 3.63) is 34.1 Å². The largest absolute Gasteiger partial charge is 0.378 e. The molecule has 1 heterocycles. The molecule has 0 aliphatic carbocycles. The van der Waals surface area contributed by atoms with Crippen LogP contribution in [0.3, 0.4) is 0 Å². The lowest BCUT2D eigenvalue weighted by Gasteiger charge is -2.18. The molecule has 2 atom stereocenters. The molecule has 0 bridgehead atoms. The quantitative estimate of drug-likeness (QED) is 0.884. The Morgan fingerprint density at radius 2 is 2.33 bits per heavy atom. The van der Waals surface area contributed by atoms with Crippen LogP contribution in [0.2, 0.25) is 0 Å². The molecule has 4 nitrogen and oxygen atoms in total. The van der Waals surface area contributed by atoms with Crippen molar-refractivity contribution in [1.29, 1.82) is 0 Å². The van der Waals surface area contributed by atoms with E-state index in [1.807, 2.05) is 0 Å². The fourth-order valence-corrected chi connectivity index (χ4v) is 2.31. The van der Waals surface area contributed by atoms with Crippen LogP contribution in [-0.2, 0) is 4.74 Å². The highest BCUT2D eigenvalue weighted by Gasteiger charge is 2.28. The predicted octanol–water partition coefficient (Wildman–Crippen LogP) is 1.30. The van der Waals surface area contributed by atoms with Gasteiger partial charge in [0.1, 0.15) is 5.82 Å². The van der Waals surface area contributed by atoms with Crippen LogP contribution >= 0.6 is 15.9 Å². The zero-order valence-electron chi connectivity index (χ0n) is 9.87. The Bertz CT molecular complexity index is 456. The molecule has 2 rings (SSSR count). The van der Waals surface area contributed by atoms with Crippen molar-refractivity contribution in [2.45, 2.75) is 12.1 Å². The van der Waals surface area contributed by atoms with Crippen LogP contribution in [0.5, 0.6) is 0 Å². The summed E-state index contributed by atoms with van der Waals surface area (Å²) in [7, 11) is 1.62. The average Bonchev–Trinajstić information content (AvgIpc) is 2.79. The highest BCUT2D eigenvalue weighted by molar-refractivity contribution is 9.10. The molecule has 2 N–H and O–H groups in total. The Labute approximate surface area is 113 Å². The van der Waals surface area contributed by atoms with Gasteiger partial charge in [0.2, 0.25) is 0 Å². The van der Waals surface area contributed by atoms with Crippen molar-refractivity contribution in [3.8, 4) is 0 Å². The van der Waals surface area contributed by atoms with Gasteiger partial charge in [-0.1, -0.05) is 0 Å². The molecule has 98 valence electrons. The van der Waals surface area contributed by atoms with Crippen LogP contribution in [0.15, 0.2) is 22.7 Å². The molecule has 1 aliphatic heterocycles. The first-order valence-electron chi connectivity index (χ1n) is 5.61. The summed E-state index contributed by atoms with van der Waals surface area (Å²) in [4.78, 5) is 12.0. The molecule has 6 heteroatoms. The first-order chi connectivity index (χ1) is 8.61. The fraction of sp³-hybridized carbons (Fsp3) is 0.417. The zero-order chi connectivity index (χ0) is 13.1. The maximum absolute atomic E-state index is 13.1. The second kappa shape index (κ2) is 5.77. The van der Waals surface area contributed by atoms with E-state index in [1.54, 1.807) is 7.11 Å². The van der Waals surface area contributed by atoms with Gasteiger partial charge in [-0.2, -0.15) is 0 Å². The number of methoxy groups -OCH3 is 1. The number of carbonyl (C=O) groups is 1. The summed E-state index contributed by atoms with van der Waals surface area (Å²) in [5, 5.41) is 6.01. The summed E-state index contributed by atoms with van der Waals surface area (Å²) >= 11 is 3.06. The maximum Gasteiger partial charge on any atom is 0.251 e. The van der Waals surface area contributed by atoms with E-state index in [9.17, 15) is 9.18 Å². The van der Waals surface area contributed by atoms with Crippen LogP contribution in [0.25, 0.3) is 0 Å². The molecule has 0 radical (unpaired) electrons. The Morgan fingerprint density at radius 1 is 1.56 bits per heavy atom. The van der Waals surface area contributed by atoms with E-state index in [0.717, 1.165) is 0 Å². The van der Waals surface area contributed by atoms with Crippen molar-refractivity contribution in [2.75, 3.05) is 20.2 Å². The molecule has 0 unspecified atom stereocenters. The molecule has 0 saturated carbocycles. The molecule has 18 heavy (non-hydrogen) atoms. The van der Waals surface area contributed by atoms with Gasteiger partial charge < -0.3 is 15.4 Å². The smallest absolute Gasteiger partial charge is 0.251 e. The van der Waals surface area contributed by atoms with Crippen molar-refractivity contribution in [1.82, 2.24) is 10.6 Å². The number of hydrogen-bond donors (Lipinski definition) is 2. The van der Waals surface area contributed by atoms with Crippen molar-refractivity contribution >= 4 is 21.8 Å². The lowest BCUT2D eigenvalue weighted by molar-refractivity contribution is 0.0780. The van der Waals surface area contributed by atoms with E-state index in [1.165, 1.54) is 18.2 Å². The summed E-state index contributed by atoms with van der Waals surface area (Å²) < 4.78 is 18.6. The number of halogens is 2. The molecule has 0 spiro atoms. The van der Waals surface area contributed by atoms with E-state index in [-0.39, 0.29) is 28.3 Å². The minimum absolute atomic E-state index is 0.0298. The minimum atomic E-state index is -0.385. The Kier molecular flexibility index (Phi) is 4.31. The molecule has 1 aromatic rings. The van der Waals surface area contributed by atoms with Gasteiger partial charge in [-0.15, -0.1) is 0 Å². The van der Waals surface area contributed by atoms with Gasteiger partial charge >= 0.3 is 0 Å². The minimum Gasteiger partial charge on any atom is -0.378 e. The van der Waals surface area contributed by atoms with Crippen LogP contribution in [0.4, 0.5) is 4.39 Å². The molecular weight excluding hydrogens is 303 g/mol. The fourth-order valence-electron chi connectivity index (χ4n) is 1.94. The third-order valence-electron chi connectivity index (χ3n) is 2.96. The Balaban J connectivity index is 2.05. The first kappa shape index (κ1) is 13.5. The van der Waals surface area contributed by atoms with Gasteiger partial charge in [0, 0.05) is 25.8 Å². The van der Waals surface area contributed by atoms with Gasteiger partial charge in [-0.25, -0.2) is 4.39 Å². The van der Waals surface area contributed by atoms with Crippen LogP contribution in [0, 0.1) is 5.82 Å². The third kappa shape index (κ3) is 2.88. The normalized spacial score (nSPS) is 23.1. The van der Waals surface area contributed by atoms with Gasteiger partial charge in [0.25, 0.3) is 5.91 Å². The zero-order valence-corrected chi connectivity index (χ0v) is 11.5. The SMILES string of the molecule is CO[C@H]1CNC[C@H]1NC(=O)c1ccc(F)c(Br)c1. The lowest BCUT2D eigenvalue weighted by atomic mass is 10.1. The number of rotatable bonds is 3. The van der Waals surface area contributed by atoms with Gasteiger partial charge in [-0.05, 0) is 34.1 Å². The van der Waals surface area contributed by atoms with E-state index in [0.29, 0.717) is 18.7 Å². The number of benzene rings is 1. The highest BCUT2D eigenvalue weighted by Crippen LogP contribution is 2.17. The summed E-state index contributed by atoms with van der Waals surface area (Å²) in [6.45, 7) is 1.39. The van der Waals surface area contributed by atoms with Gasteiger partial charge in [-0.3, -0.25) is 4.79 Å². The van der Waals surface area contributed by atoms with E-state index in [2.05, 4.69) is 26.6 Å². The van der Waals surface area contributed by atoms with E-state index >= 15 is 0 Å². The Hall–Kier alpha value is -0.980. The third-order valence-corrected chi connectivity index (χ3v) is 3.57. The lowest BCUT2D eigenvalue weighted by Crippen LogP contribution is -2.43. The maximum atomic E-state index is 13.1. The highest BCUT2D eigenvalue weighted by atomic mass is 79.9. The molecule has 0 aromatic heterocycles. The second-order valence-corrected chi connectivity index (χ2v) is 5.00. The molecule has 1 fully saturated rings. The van der Waals surface area contributed by atoms with Crippen LogP contribution in [0.1, 0.15) is 10.4 Å². The second-order valence-electron chi connectivity index (χ2n) is 4.14. The monoisotopic (exact) mass is 316 g/mol. The molecule has 1 amide bonds. The number of carbonyl (C=O) groups excluding carboxylic acids is 1. The topological polar surface area (TPSA) is 50.4 Å². The van der Waals surface area contributed by atoms with Gasteiger partial charge in [0.05, 0.1) is 16.6 Å². The van der Waals surface area contributed by atoms with E-state index in [4.69, 9.17) is 4.74 Å². The Morgan fingerprint density at radius 3 is 3.00 bits per heavy atom. The van der Waals surface area contributed by atoms with Crippen molar-refractivity contribution in [2.24, 2.45) is 0 Å². The number of amides is 1. The van der Waals surface area contributed by atoms with Crippen LogP contribution < -0.4 is 10.6 Å². The van der Waals surface area contributed by atoms with Crippen LogP contribution in [-0.4, -0.2) is 38.3 Å².